The van der Waals surface area contributed by atoms with Gasteiger partial charge in [-0.15, -0.1) is 0 Å². The van der Waals surface area contributed by atoms with Gasteiger partial charge in [0.05, 0.1) is 6.54 Å². The summed E-state index contributed by atoms with van der Waals surface area (Å²) in [5, 5.41) is 6.48. The van der Waals surface area contributed by atoms with Crippen LogP contribution in [0.4, 0.5) is 0 Å². The summed E-state index contributed by atoms with van der Waals surface area (Å²) in [7, 11) is 0. The average molecular weight is 380 g/mol. The molecule has 1 unspecified atom stereocenters. The first-order valence-electron chi connectivity index (χ1n) is 8.54. The highest BCUT2D eigenvalue weighted by atomic mass is 32.2. The largest absolute Gasteiger partial charge is 0.352 e. The van der Waals surface area contributed by atoms with Crippen LogP contribution in [0.1, 0.15) is 42.1 Å². The van der Waals surface area contributed by atoms with Crippen molar-refractivity contribution in [2.45, 2.75) is 38.8 Å². The zero-order valence-electron chi connectivity index (χ0n) is 14.7. The smallest absolute Gasteiger partial charge is 0.251 e. The molecule has 1 aliphatic rings. The molecule has 25 heavy (non-hydrogen) atoms. The lowest BCUT2D eigenvalue weighted by atomic mass is 10.1. The molecule has 0 bridgehead atoms. The Hall–Kier alpha value is -1.60. The molecule has 1 aromatic rings. The summed E-state index contributed by atoms with van der Waals surface area (Å²) in [6.07, 6.45) is 4.82. The van der Waals surface area contributed by atoms with Gasteiger partial charge in [0.15, 0.2) is 5.11 Å². The van der Waals surface area contributed by atoms with Crippen molar-refractivity contribution in [2.24, 2.45) is 0 Å². The molecule has 136 valence electrons. The molecule has 1 atom stereocenters. The van der Waals surface area contributed by atoms with Crippen molar-refractivity contribution in [3.8, 4) is 0 Å². The van der Waals surface area contributed by atoms with Gasteiger partial charge in [0.2, 0.25) is 0 Å². The molecule has 7 heteroatoms. The predicted octanol–water partition coefficient (Wildman–Crippen LogP) is 2.55. The molecule has 5 nitrogen and oxygen atoms in total. The SMILES string of the molecule is CCCCNC(=O)c1ccc(CN2C(=O)C(CCSC)NC2=S)cc1. The maximum Gasteiger partial charge on any atom is 0.251 e. The molecule has 0 aliphatic carbocycles. The van der Waals surface area contributed by atoms with E-state index in [0.717, 1.165) is 30.6 Å². The van der Waals surface area contributed by atoms with Crippen LogP contribution in [0.2, 0.25) is 0 Å². The van der Waals surface area contributed by atoms with E-state index in [2.05, 4.69) is 17.6 Å². The second-order valence-corrected chi connectivity index (χ2v) is 7.39. The Kier molecular flexibility index (Phi) is 7.71. The van der Waals surface area contributed by atoms with Crippen molar-refractivity contribution >= 4 is 40.9 Å². The highest BCUT2D eigenvalue weighted by Crippen LogP contribution is 2.16. The van der Waals surface area contributed by atoms with Crippen LogP contribution in [0.5, 0.6) is 0 Å². The van der Waals surface area contributed by atoms with E-state index in [0.29, 0.717) is 23.8 Å². The normalized spacial score (nSPS) is 16.9. The van der Waals surface area contributed by atoms with Crippen LogP contribution in [0.15, 0.2) is 24.3 Å². The lowest BCUT2D eigenvalue weighted by Gasteiger charge is -2.15. The monoisotopic (exact) mass is 379 g/mol. The van der Waals surface area contributed by atoms with Crippen molar-refractivity contribution in [2.75, 3.05) is 18.6 Å². The van der Waals surface area contributed by atoms with Crippen molar-refractivity contribution in [3.05, 3.63) is 35.4 Å². The van der Waals surface area contributed by atoms with E-state index < -0.39 is 0 Å². The molecule has 0 aromatic heterocycles. The van der Waals surface area contributed by atoms with Gasteiger partial charge in [0.25, 0.3) is 11.8 Å². The van der Waals surface area contributed by atoms with Crippen molar-refractivity contribution in [3.63, 3.8) is 0 Å². The van der Waals surface area contributed by atoms with Gasteiger partial charge in [-0.2, -0.15) is 11.8 Å². The summed E-state index contributed by atoms with van der Waals surface area (Å²) >= 11 is 7.01. The van der Waals surface area contributed by atoms with Crippen LogP contribution in [-0.2, 0) is 11.3 Å². The maximum atomic E-state index is 12.5. The third kappa shape index (κ3) is 5.44. The number of carbonyl (C=O) groups excluding carboxylic acids is 2. The van der Waals surface area contributed by atoms with Gasteiger partial charge in [-0.05, 0) is 54.8 Å². The molecule has 2 rings (SSSR count). The first-order valence-corrected chi connectivity index (χ1v) is 10.3. The van der Waals surface area contributed by atoms with E-state index in [1.165, 1.54) is 0 Å². The molecule has 1 fully saturated rings. The summed E-state index contributed by atoms with van der Waals surface area (Å²) in [6, 6.07) is 7.11. The number of thiocarbonyl (C=S) groups is 1. The highest BCUT2D eigenvalue weighted by molar-refractivity contribution is 7.98. The van der Waals surface area contributed by atoms with Crippen LogP contribution >= 0.6 is 24.0 Å². The van der Waals surface area contributed by atoms with Crippen LogP contribution in [0.25, 0.3) is 0 Å². The quantitative estimate of drug-likeness (QED) is 0.510. The number of unbranched alkanes of at least 4 members (excludes halogenated alkanes) is 1. The predicted molar refractivity (Wildman–Crippen MR) is 107 cm³/mol. The number of thioether (sulfide) groups is 1. The summed E-state index contributed by atoms with van der Waals surface area (Å²) in [4.78, 5) is 26.1. The topological polar surface area (TPSA) is 61.4 Å². The Bertz CT molecular complexity index is 619. The van der Waals surface area contributed by atoms with Gasteiger partial charge < -0.3 is 10.6 Å². The third-order valence-electron chi connectivity index (χ3n) is 4.09. The molecule has 1 heterocycles. The van der Waals surface area contributed by atoms with Gasteiger partial charge in [0.1, 0.15) is 6.04 Å². The third-order valence-corrected chi connectivity index (χ3v) is 5.07. The Morgan fingerprint density at radius 3 is 2.72 bits per heavy atom. The lowest BCUT2D eigenvalue weighted by Crippen LogP contribution is -2.31. The van der Waals surface area contributed by atoms with Gasteiger partial charge in [-0.3, -0.25) is 14.5 Å². The first kappa shape index (κ1) is 19.7. The van der Waals surface area contributed by atoms with E-state index in [1.54, 1.807) is 28.8 Å². The molecule has 0 spiro atoms. The highest BCUT2D eigenvalue weighted by Gasteiger charge is 2.34. The molecule has 2 N–H and O–H groups in total. The standard InChI is InChI=1S/C18H25N3O2S2/c1-3-4-10-19-16(22)14-7-5-13(6-8-14)12-21-17(23)15(9-11-25-2)20-18(21)24/h5-8,15H,3-4,9-12H2,1-2H3,(H,19,22)(H,20,24). The molecular formula is C18H25N3O2S2. The minimum Gasteiger partial charge on any atom is -0.352 e. The molecule has 1 aliphatic heterocycles. The molecule has 1 aromatic carbocycles. The van der Waals surface area contributed by atoms with E-state index in [1.807, 2.05) is 18.4 Å². The number of hydrogen-bond acceptors (Lipinski definition) is 4. The number of benzene rings is 1. The van der Waals surface area contributed by atoms with Crippen molar-refractivity contribution in [1.29, 1.82) is 0 Å². The van der Waals surface area contributed by atoms with E-state index in [4.69, 9.17) is 12.2 Å². The van der Waals surface area contributed by atoms with Crippen molar-refractivity contribution < 1.29 is 9.59 Å². The molecule has 0 radical (unpaired) electrons. The lowest BCUT2D eigenvalue weighted by molar-refractivity contribution is -0.127. The Labute approximate surface area is 158 Å². The van der Waals surface area contributed by atoms with Crippen LogP contribution < -0.4 is 10.6 Å². The molecule has 0 saturated carbocycles. The van der Waals surface area contributed by atoms with Crippen molar-refractivity contribution in [1.82, 2.24) is 15.5 Å². The fourth-order valence-corrected chi connectivity index (χ4v) is 3.35. The van der Waals surface area contributed by atoms with E-state index >= 15 is 0 Å². The Balaban J connectivity index is 1.93. The zero-order chi connectivity index (χ0) is 18.2. The number of hydrogen-bond donors (Lipinski definition) is 2. The van der Waals surface area contributed by atoms with Gasteiger partial charge in [0, 0.05) is 12.1 Å². The Morgan fingerprint density at radius 2 is 2.08 bits per heavy atom. The van der Waals surface area contributed by atoms with E-state index in [-0.39, 0.29) is 17.9 Å². The second kappa shape index (κ2) is 9.77. The van der Waals surface area contributed by atoms with Gasteiger partial charge in [-0.1, -0.05) is 25.5 Å². The molecular weight excluding hydrogens is 354 g/mol. The zero-order valence-corrected chi connectivity index (χ0v) is 16.3. The summed E-state index contributed by atoms with van der Waals surface area (Å²) in [5.41, 5.74) is 1.58. The Morgan fingerprint density at radius 1 is 1.36 bits per heavy atom. The number of nitrogens with one attached hydrogen (secondary N) is 2. The summed E-state index contributed by atoms with van der Waals surface area (Å²) in [6.45, 7) is 3.21. The maximum absolute atomic E-state index is 12.5. The fraction of sp³-hybridized carbons (Fsp3) is 0.500. The van der Waals surface area contributed by atoms with Crippen LogP contribution in [0.3, 0.4) is 0 Å². The van der Waals surface area contributed by atoms with Crippen LogP contribution in [0, 0.1) is 0 Å². The fourth-order valence-electron chi connectivity index (χ4n) is 2.58. The minimum atomic E-state index is -0.219. The first-order chi connectivity index (χ1) is 12.1. The van der Waals surface area contributed by atoms with Gasteiger partial charge >= 0.3 is 0 Å². The van der Waals surface area contributed by atoms with Gasteiger partial charge in [-0.25, -0.2) is 0 Å². The second-order valence-electron chi connectivity index (χ2n) is 6.01. The minimum absolute atomic E-state index is 0.0282. The summed E-state index contributed by atoms with van der Waals surface area (Å²) in [5.74, 6) is 0.883. The van der Waals surface area contributed by atoms with Crippen LogP contribution in [-0.4, -0.2) is 46.4 Å². The summed E-state index contributed by atoms with van der Waals surface area (Å²) < 4.78 is 0. The number of amides is 2. The number of rotatable bonds is 9. The average Bonchev–Trinajstić information content (AvgIpc) is 2.88. The van der Waals surface area contributed by atoms with E-state index in [9.17, 15) is 9.59 Å². The molecule has 1 saturated heterocycles. The number of carbonyl (C=O) groups is 2. The number of nitrogens with zero attached hydrogens (tertiary/aromatic N) is 1. The molecule has 2 amide bonds.